The van der Waals surface area contributed by atoms with E-state index in [0.29, 0.717) is 0 Å². The number of hydrogen-bond donors (Lipinski definition) is 0. The second-order valence-electron chi connectivity index (χ2n) is 6.48. The standard InChI is InChI=1S/C22H22/c1-3-9-17(10-4-1)15-16-21-19-13-7-8-14-20(19)22(21)18-11-5-2-6-12-18/h1-6,9-12,15-16,19-20H,7-8,13-14H2/b16-15+/t19-,20+/m0/s1. The average molecular weight is 286 g/mol. The lowest BCUT2D eigenvalue weighted by Crippen LogP contribution is -2.32. The van der Waals surface area contributed by atoms with Crippen LogP contribution >= 0.6 is 0 Å². The fraction of sp³-hybridized carbons (Fsp3) is 0.273. The Morgan fingerprint density at radius 1 is 0.682 bits per heavy atom. The van der Waals surface area contributed by atoms with Crippen LogP contribution in [0, 0.1) is 11.8 Å². The number of rotatable bonds is 3. The minimum atomic E-state index is 0.795. The van der Waals surface area contributed by atoms with Gasteiger partial charge in [-0.15, -0.1) is 0 Å². The molecule has 0 unspecified atom stereocenters. The van der Waals surface area contributed by atoms with Gasteiger partial charge in [0.2, 0.25) is 0 Å². The molecule has 2 aromatic rings. The summed E-state index contributed by atoms with van der Waals surface area (Å²) in [5, 5.41) is 0. The zero-order valence-electron chi connectivity index (χ0n) is 12.9. The van der Waals surface area contributed by atoms with Crippen LogP contribution in [-0.2, 0) is 0 Å². The molecule has 1 saturated carbocycles. The molecular formula is C22H22. The molecule has 110 valence electrons. The number of fused-ring (bicyclic) bond motifs is 1. The van der Waals surface area contributed by atoms with Crippen molar-refractivity contribution in [2.45, 2.75) is 25.7 Å². The maximum Gasteiger partial charge on any atom is -0.00842 e. The second-order valence-corrected chi connectivity index (χ2v) is 6.48. The highest BCUT2D eigenvalue weighted by atomic mass is 14.4. The highest BCUT2D eigenvalue weighted by Gasteiger charge is 2.40. The van der Waals surface area contributed by atoms with Crippen molar-refractivity contribution in [3.63, 3.8) is 0 Å². The van der Waals surface area contributed by atoms with Gasteiger partial charge in [0.15, 0.2) is 0 Å². The molecule has 0 radical (unpaired) electrons. The molecule has 0 aliphatic heterocycles. The van der Waals surface area contributed by atoms with Gasteiger partial charge in [-0.2, -0.15) is 0 Å². The van der Waals surface area contributed by atoms with Crippen LogP contribution in [0.1, 0.15) is 36.8 Å². The highest BCUT2D eigenvalue weighted by Crippen LogP contribution is 2.54. The Balaban J connectivity index is 1.71. The van der Waals surface area contributed by atoms with E-state index in [1.165, 1.54) is 36.8 Å². The van der Waals surface area contributed by atoms with E-state index in [1.54, 1.807) is 11.1 Å². The van der Waals surface area contributed by atoms with E-state index in [2.05, 4.69) is 72.8 Å². The zero-order chi connectivity index (χ0) is 14.8. The lowest BCUT2D eigenvalue weighted by atomic mass is 9.59. The average Bonchev–Trinajstić information content (AvgIpc) is 2.58. The molecule has 0 amide bonds. The van der Waals surface area contributed by atoms with Gasteiger partial charge in [-0.1, -0.05) is 85.7 Å². The van der Waals surface area contributed by atoms with Gasteiger partial charge in [-0.25, -0.2) is 0 Å². The van der Waals surface area contributed by atoms with Gasteiger partial charge in [0.05, 0.1) is 0 Å². The second kappa shape index (κ2) is 5.96. The monoisotopic (exact) mass is 286 g/mol. The Bertz CT molecular complexity index is 691. The number of allylic oxidation sites excluding steroid dienone is 3. The van der Waals surface area contributed by atoms with Gasteiger partial charge < -0.3 is 0 Å². The predicted molar refractivity (Wildman–Crippen MR) is 94.3 cm³/mol. The van der Waals surface area contributed by atoms with Gasteiger partial charge in [0.25, 0.3) is 0 Å². The van der Waals surface area contributed by atoms with Gasteiger partial charge in [0, 0.05) is 0 Å². The first kappa shape index (κ1) is 13.6. The molecule has 0 heterocycles. The number of benzene rings is 2. The van der Waals surface area contributed by atoms with E-state index >= 15 is 0 Å². The van der Waals surface area contributed by atoms with Crippen LogP contribution in [0.2, 0.25) is 0 Å². The van der Waals surface area contributed by atoms with Gasteiger partial charge in [0.1, 0.15) is 0 Å². The first-order valence-corrected chi connectivity index (χ1v) is 8.46. The summed E-state index contributed by atoms with van der Waals surface area (Å²) in [5.74, 6) is 1.59. The highest BCUT2D eigenvalue weighted by molar-refractivity contribution is 5.81. The van der Waals surface area contributed by atoms with Crippen LogP contribution in [-0.4, -0.2) is 0 Å². The largest absolute Gasteiger partial charge is 0.0622 e. The predicted octanol–water partition coefficient (Wildman–Crippen LogP) is 5.97. The van der Waals surface area contributed by atoms with Crippen molar-refractivity contribution in [3.05, 3.63) is 83.4 Å². The SMILES string of the molecule is C(=C\c1ccccc1)/C1=C(c2ccccc2)[C@@H]2CCCC[C@H]12. The molecule has 2 aliphatic rings. The molecule has 0 aromatic heterocycles. The molecule has 2 atom stereocenters. The van der Waals surface area contributed by atoms with Crippen molar-refractivity contribution < 1.29 is 0 Å². The third-order valence-electron chi connectivity index (χ3n) is 5.19. The van der Waals surface area contributed by atoms with E-state index in [4.69, 9.17) is 0 Å². The lowest BCUT2D eigenvalue weighted by molar-refractivity contribution is 0.305. The maximum atomic E-state index is 2.38. The summed E-state index contributed by atoms with van der Waals surface area (Å²) in [7, 11) is 0. The summed E-state index contributed by atoms with van der Waals surface area (Å²) in [5.41, 5.74) is 5.91. The summed E-state index contributed by atoms with van der Waals surface area (Å²) in [6.07, 6.45) is 10.2. The molecule has 0 N–H and O–H groups in total. The summed E-state index contributed by atoms with van der Waals surface area (Å²) < 4.78 is 0. The molecule has 0 bridgehead atoms. The van der Waals surface area contributed by atoms with Crippen LogP contribution < -0.4 is 0 Å². The maximum absolute atomic E-state index is 2.38. The Morgan fingerprint density at radius 3 is 2.05 bits per heavy atom. The molecule has 0 nitrogen and oxygen atoms in total. The van der Waals surface area contributed by atoms with E-state index in [-0.39, 0.29) is 0 Å². The van der Waals surface area contributed by atoms with E-state index < -0.39 is 0 Å². The van der Waals surface area contributed by atoms with Crippen molar-refractivity contribution in [1.82, 2.24) is 0 Å². The normalized spacial score (nSPS) is 24.2. The molecular weight excluding hydrogens is 264 g/mol. The Morgan fingerprint density at radius 2 is 1.32 bits per heavy atom. The molecule has 0 spiro atoms. The summed E-state index contributed by atoms with van der Waals surface area (Å²) >= 11 is 0. The molecule has 22 heavy (non-hydrogen) atoms. The minimum Gasteiger partial charge on any atom is -0.0622 e. The smallest absolute Gasteiger partial charge is 0.00842 e. The van der Waals surface area contributed by atoms with E-state index in [0.717, 1.165) is 11.8 Å². The first-order valence-electron chi connectivity index (χ1n) is 8.46. The molecule has 4 rings (SSSR count). The molecule has 0 saturated heterocycles. The molecule has 2 aliphatic carbocycles. The molecule has 0 heteroatoms. The topological polar surface area (TPSA) is 0 Å². The molecule has 2 aromatic carbocycles. The van der Waals surface area contributed by atoms with E-state index in [9.17, 15) is 0 Å². The van der Waals surface area contributed by atoms with Crippen LogP contribution in [0.15, 0.2) is 72.3 Å². The van der Waals surface area contributed by atoms with Crippen LogP contribution in [0.3, 0.4) is 0 Å². The van der Waals surface area contributed by atoms with Crippen molar-refractivity contribution in [1.29, 1.82) is 0 Å². The fourth-order valence-electron chi connectivity index (χ4n) is 4.13. The number of hydrogen-bond acceptors (Lipinski definition) is 0. The summed E-state index contributed by atoms with van der Waals surface area (Å²) in [6.45, 7) is 0. The van der Waals surface area contributed by atoms with Crippen molar-refractivity contribution in [3.8, 4) is 0 Å². The molecule has 1 fully saturated rings. The van der Waals surface area contributed by atoms with Gasteiger partial charge in [-0.05, 0) is 47.0 Å². The van der Waals surface area contributed by atoms with Crippen molar-refractivity contribution in [2.24, 2.45) is 11.8 Å². The Labute approximate surface area is 133 Å². The van der Waals surface area contributed by atoms with Gasteiger partial charge >= 0.3 is 0 Å². The summed E-state index contributed by atoms with van der Waals surface area (Å²) in [6, 6.07) is 21.6. The van der Waals surface area contributed by atoms with Crippen LogP contribution in [0.25, 0.3) is 11.6 Å². The third kappa shape index (κ3) is 2.43. The van der Waals surface area contributed by atoms with Crippen LogP contribution in [0.4, 0.5) is 0 Å². The quantitative estimate of drug-likeness (QED) is 0.651. The Hall–Kier alpha value is -2.08. The first-order chi connectivity index (χ1) is 10.9. The zero-order valence-corrected chi connectivity index (χ0v) is 12.9. The lowest BCUT2D eigenvalue weighted by Gasteiger charge is -2.45. The van der Waals surface area contributed by atoms with Crippen molar-refractivity contribution >= 4 is 11.6 Å². The fourth-order valence-corrected chi connectivity index (χ4v) is 4.13. The van der Waals surface area contributed by atoms with Gasteiger partial charge in [-0.3, -0.25) is 0 Å². The van der Waals surface area contributed by atoms with E-state index in [1.807, 2.05) is 0 Å². The minimum absolute atomic E-state index is 0.795. The third-order valence-corrected chi connectivity index (χ3v) is 5.19. The summed E-state index contributed by atoms with van der Waals surface area (Å²) in [4.78, 5) is 0. The van der Waals surface area contributed by atoms with Crippen molar-refractivity contribution in [2.75, 3.05) is 0 Å². The Kier molecular flexibility index (Phi) is 3.68. The van der Waals surface area contributed by atoms with Crippen LogP contribution in [0.5, 0.6) is 0 Å².